The van der Waals surface area contributed by atoms with Gasteiger partial charge in [-0.3, -0.25) is 0 Å². The van der Waals surface area contributed by atoms with Gasteiger partial charge in [0.05, 0.1) is 19.8 Å². The third-order valence-corrected chi connectivity index (χ3v) is 5.33. The van der Waals surface area contributed by atoms with Gasteiger partial charge in [0.2, 0.25) is 0 Å². The zero-order chi connectivity index (χ0) is 19.3. The van der Waals surface area contributed by atoms with Crippen molar-refractivity contribution in [2.24, 2.45) is 0 Å². The summed E-state index contributed by atoms with van der Waals surface area (Å²) in [6, 6.07) is 24.2. The molecule has 0 aromatic heterocycles. The van der Waals surface area contributed by atoms with Crippen LogP contribution in [0.15, 0.2) is 66.7 Å². The maximum atomic E-state index is 5.88. The van der Waals surface area contributed by atoms with Gasteiger partial charge in [0.15, 0.2) is 11.5 Å². The molecule has 0 aliphatic carbocycles. The quantitative estimate of drug-likeness (QED) is 0.696. The standard InChI is InChI=1S/C25H27NO2/c1-3-27-23-16-21-14-15-26-25(22(21)17-24(23)28-4-2)20-12-10-19(11-13-20)18-8-6-5-7-9-18/h5-13,16-17,25-26H,3-4,14-15H2,1-2H3/p+1/t25-/m0/s1. The molecule has 1 aliphatic heterocycles. The maximum absolute atomic E-state index is 5.88. The number of ether oxygens (including phenoxy) is 2. The number of nitrogens with two attached hydrogens (primary N) is 1. The molecule has 0 unspecified atom stereocenters. The summed E-state index contributed by atoms with van der Waals surface area (Å²) in [5, 5.41) is 2.43. The molecule has 2 N–H and O–H groups in total. The third-order valence-electron chi connectivity index (χ3n) is 5.33. The first kappa shape index (κ1) is 18.6. The van der Waals surface area contributed by atoms with Crippen molar-refractivity contribution in [3.63, 3.8) is 0 Å². The number of hydrogen-bond donors (Lipinski definition) is 1. The van der Waals surface area contributed by atoms with E-state index in [0.717, 1.165) is 24.5 Å². The summed E-state index contributed by atoms with van der Waals surface area (Å²) in [5.41, 5.74) is 6.54. The van der Waals surface area contributed by atoms with Crippen molar-refractivity contribution in [1.82, 2.24) is 0 Å². The predicted octanol–water partition coefficient (Wildman–Crippen LogP) is 4.36. The van der Waals surface area contributed by atoms with Gasteiger partial charge >= 0.3 is 0 Å². The van der Waals surface area contributed by atoms with Crippen LogP contribution in [0.1, 0.15) is 36.6 Å². The molecule has 3 aromatic rings. The van der Waals surface area contributed by atoms with Crippen molar-refractivity contribution in [2.75, 3.05) is 19.8 Å². The lowest BCUT2D eigenvalue weighted by Gasteiger charge is -2.26. The molecule has 28 heavy (non-hydrogen) atoms. The average Bonchev–Trinajstić information content (AvgIpc) is 2.75. The SMILES string of the molecule is CCOc1cc2c(cc1OCC)[C@H](c1ccc(-c3ccccc3)cc1)[NH2+]CC2. The fraction of sp³-hybridized carbons (Fsp3) is 0.280. The Morgan fingerprint density at radius 2 is 1.46 bits per heavy atom. The molecule has 1 aliphatic rings. The zero-order valence-corrected chi connectivity index (χ0v) is 16.7. The molecule has 0 saturated carbocycles. The van der Waals surface area contributed by atoms with Crippen LogP contribution in [0.5, 0.6) is 11.5 Å². The number of fused-ring (bicyclic) bond motifs is 1. The average molecular weight is 375 g/mol. The summed E-state index contributed by atoms with van der Waals surface area (Å²) in [6.45, 7) is 6.40. The van der Waals surface area contributed by atoms with Crippen LogP contribution in [0.3, 0.4) is 0 Å². The Morgan fingerprint density at radius 1 is 0.821 bits per heavy atom. The summed E-state index contributed by atoms with van der Waals surface area (Å²) in [7, 11) is 0. The lowest BCUT2D eigenvalue weighted by atomic mass is 9.88. The fourth-order valence-corrected chi connectivity index (χ4v) is 4.02. The molecule has 1 atom stereocenters. The van der Waals surface area contributed by atoms with Gasteiger partial charge in [-0.1, -0.05) is 54.6 Å². The fourth-order valence-electron chi connectivity index (χ4n) is 4.02. The molecule has 0 radical (unpaired) electrons. The van der Waals surface area contributed by atoms with E-state index in [0.29, 0.717) is 19.3 Å². The second-order valence-electron chi connectivity index (χ2n) is 7.10. The Morgan fingerprint density at radius 3 is 2.14 bits per heavy atom. The van der Waals surface area contributed by atoms with Crippen LogP contribution in [0.25, 0.3) is 11.1 Å². The summed E-state index contributed by atoms with van der Waals surface area (Å²) in [6.07, 6.45) is 1.06. The summed E-state index contributed by atoms with van der Waals surface area (Å²) < 4.78 is 11.7. The molecule has 3 aromatic carbocycles. The number of benzene rings is 3. The first-order chi connectivity index (χ1) is 13.8. The van der Waals surface area contributed by atoms with Crippen LogP contribution in [0.2, 0.25) is 0 Å². The molecule has 3 nitrogen and oxygen atoms in total. The van der Waals surface area contributed by atoms with Crippen molar-refractivity contribution in [2.45, 2.75) is 26.3 Å². The van der Waals surface area contributed by atoms with Crippen LogP contribution in [-0.4, -0.2) is 19.8 Å². The van der Waals surface area contributed by atoms with Crippen molar-refractivity contribution < 1.29 is 14.8 Å². The molecular formula is C25H28NO2+. The third kappa shape index (κ3) is 3.76. The second kappa shape index (κ2) is 8.49. The Kier molecular flexibility index (Phi) is 5.63. The van der Waals surface area contributed by atoms with E-state index >= 15 is 0 Å². The zero-order valence-electron chi connectivity index (χ0n) is 16.7. The van der Waals surface area contributed by atoms with Crippen LogP contribution in [-0.2, 0) is 6.42 Å². The molecule has 0 spiro atoms. The van der Waals surface area contributed by atoms with Gasteiger partial charge in [0, 0.05) is 17.5 Å². The normalized spacial score (nSPS) is 15.7. The largest absolute Gasteiger partial charge is 0.490 e. The van der Waals surface area contributed by atoms with Crippen molar-refractivity contribution in [1.29, 1.82) is 0 Å². The van der Waals surface area contributed by atoms with E-state index in [4.69, 9.17) is 9.47 Å². The monoisotopic (exact) mass is 374 g/mol. The Labute approximate surface area is 167 Å². The number of rotatable bonds is 6. The molecule has 0 bridgehead atoms. The number of hydrogen-bond acceptors (Lipinski definition) is 2. The van der Waals surface area contributed by atoms with Gasteiger partial charge in [0.1, 0.15) is 6.04 Å². The van der Waals surface area contributed by atoms with E-state index in [9.17, 15) is 0 Å². The van der Waals surface area contributed by atoms with Gasteiger partial charge in [0.25, 0.3) is 0 Å². The highest BCUT2D eigenvalue weighted by Gasteiger charge is 2.27. The van der Waals surface area contributed by atoms with Crippen molar-refractivity contribution in [3.05, 3.63) is 83.4 Å². The first-order valence-electron chi connectivity index (χ1n) is 10.2. The van der Waals surface area contributed by atoms with Crippen LogP contribution in [0.4, 0.5) is 0 Å². The molecule has 4 rings (SSSR count). The van der Waals surface area contributed by atoms with E-state index in [1.807, 2.05) is 13.8 Å². The van der Waals surface area contributed by atoms with E-state index in [2.05, 4.69) is 72.0 Å². The van der Waals surface area contributed by atoms with E-state index in [-0.39, 0.29) is 0 Å². The van der Waals surface area contributed by atoms with Gasteiger partial charge in [-0.25, -0.2) is 0 Å². The number of quaternary nitrogens is 1. The van der Waals surface area contributed by atoms with E-state index in [1.54, 1.807) is 0 Å². The van der Waals surface area contributed by atoms with Crippen molar-refractivity contribution >= 4 is 0 Å². The van der Waals surface area contributed by atoms with E-state index in [1.165, 1.54) is 27.8 Å². The lowest BCUT2D eigenvalue weighted by Crippen LogP contribution is -2.87. The minimum atomic E-state index is 0.295. The minimum Gasteiger partial charge on any atom is -0.490 e. The maximum Gasteiger partial charge on any atom is 0.161 e. The molecule has 3 heteroatoms. The summed E-state index contributed by atoms with van der Waals surface area (Å²) in [5.74, 6) is 1.72. The summed E-state index contributed by atoms with van der Waals surface area (Å²) >= 11 is 0. The van der Waals surface area contributed by atoms with E-state index < -0.39 is 0 Å². The van der Waals surface area contributed by atoms with Crippen LogP contribution >= 0.6 is 0 Å². The first-order valence-corrected chi connectivity index (χ1v) is 10.2. The van der Waals surface area contributed by atoms with Crippen molar-refractivity contribution in [3.8, 4) is 22.6 Å². The van der Waals surface area contributed by atoms with Gasteiger partial charge in [-0.15, -0.1) is 0 Å². The smallest absolute Gasteiger partial charge is 0.161 e. The molecule has 0 amide bonds. The highest BCUT2D eigenvalue weighted by atomic mass is 16.5. The second-order valence-corrected chi connectivity index (χ2v) is 7.10. The molecular weight excluding hydrogens is 346 g/mol. The lowest BCUT2D eigenvalue weighted by molar-refractivity contribution is -0.690. The minimum absolute atomic E-state index is 0.295. The highest BCUT2D eigenvalue weighted by Crippen LogP contribution is 2.36. The highest BCUT2D eigenvalue weighted by molar-refractivity contribution is 5.63. The van der Waals surface area contributed by atoms with Gasteiger partial charge in [-0.2, -0.15) is 0 Å². The van der Waals surface area contributed by atoms with Gasteiger partial charge in [-0.05, 0) is 42.7 Å². The predicted molar refractivity (Wildman–Crippen MR) is 113 cm³/mol. The van der Waals surface area contributed by atoms with Crippen LogP contribution < -0.4 is 14.8 Å². The molecule has 1 heterocycles. The Hall–Kier alpha value is -2.78. The van der Waals surface area contributed by atoms with Gasteiger partial charge < -0.3 is 14.8 Å². The summed E-state index contributed by atoms with van der Waals surface area (Å²) in [4.78, 5) is 0. The molecule has 144 valence electrons. The Balaban J connectivity index is 1.68. The molecule has 0 fully saturated rings. The Bertz CT molecular complexity index is 919. The topological polar surface area (TPSA) is 35.1 Å². The molecule has 0 saturated heterocycles. The van der Waals surface area contributed by atoms with Crippen LogP contribution in [0, 0.1) is 0 Å².